The fourth-order valence-corrected chi connectivity index (χ4v) is 4.26. The fraction of sp³-hybridized carbons (Fsp3) is 0.130. The molecule has 0 atom stereocenters. The Morgan fingerprint density at radius 1 is 0.867 bits per heavy atom. The number of rotatable bonds is 9. The van der Waals surface area contributed by atoms with E-state index in [9.17, 15) is 13.2 Å². The van der Waals surface area contributed by atoms with Crippen LogP contribution in [0, 0.1) is 0 Å². The van der Waals surface area contributed by atoms with Gasteiger partial charge in [0.25, 0.3) is 5.91 Å². The van der Waals surface area contributed by atoms with Gasteiger partial charge in [-0.3, -0.25) is 4.79 Å². The highest BCUT2D eigenvalue weighted by Gasteiger charge is 2.26. The minimum Gasteiger partial charge on any atom is -0.272 e. The fourth-order valence-electron chi connectivity index (χ4n) is 2.84. The molecule has 0 bridgehead atoms. The zero-order valence-electron chi connectivity index (χ0n) is 16.4. The lowest BCUT2D eigenvalue weighted by Crippen LogP contribution is -2.40. The van der Waals surface area contributed by atoms with Crippen LogP contribution >= 0.6 is 0 Å². The first kappa shape index (κ1) is 21.4. The topological polar surface area (TPSA) is 78.8 Å². The van der Waals surface area contributed by atoms with E-state index in [0.29, 0.717) is 6.42 Å². The average Bonchev–Trinajstić information content (AvgIpc) is 2.78. The third kappa shape index (κ3) is 6.10. The first-order valence-electron chi connectivity index (χ1n) is 9.52. The molecule has 0 aliphatic carbocycles. The van der Waals surface area contributed by atoms with E-state index in [1.165, 1.54) is 22.7 Å². The van der Waals surface area contributed by atoms with Crippen LogP contribution in [-0.2, 0) is 21.2 Å². The van der Waals surface area contributed by atoms with Crippen LogP contribution in [-0.4, -0.2) is 37.9 Å². The van der Waals surface area contributed by atoms with Gasteiger partial charge in [-0.05, 0) is 29.7 Å². The highest BCUT2D eigenvalue weighted by atomic mass is 32.2. The number of nitrogens with one attached hydrogen (secondary N) is 1. The Hall–Kier alpha value is -3.29. The first-order valence-corrected chi connectivity index (χ1v) is 11.0. The zero-order chi connectivity index (χ0) is 21.2. The molecular formula is C23H23N3O3S. The number of sulfonamides is 1. The van der Waals surface area contributed by atoms with Crippen LogP contribution < -0.4 is 5.43 Å². The van der Waals surface area contributed by atoms with Gasteiger partial charge in [0.05, 0.1) is 17.7 Å². The van der Waals surface area contributed by atoms with E-state index in [-0.39, 0.29) is 18.0 Å². The summed E-state index contributed by atoms with van der Waals surface area (Å²) in [6.07, 6.45) is 2.01. The van der Waals surface area contributed by atoms with Crippen molar-refractivity contribution in [3.8, 4) is 0 Å². The molecule has 0 fully saturated rings. The smallest absolute Gasteiger partial charge is 0.255 e. The van der Waals surface area contributed by atoms with Crippen molar-refractivity contribution >= 4 is 22.1 Å². The molecule has 6 nitrogen and oxygen atoms in total. The van der Waals surface area contributed by atoms with Crippen LogP contribution in [0.2, 0.25) is 0 Å². The van der Waals surface area contributed by atoms with Gasteiger partial charge in [0.2, 0.25) is 10.0 Å². The van der Waals surface area contributed by atoms with Crippen LogP contribution in [0.1, 0.15) is 11.1 Å². The molecule has 0 aliphatic rings. The molecule has 0 aliphatic heterocycles. The van der Waals surface area contributed by atoms with Crippen LogP contribution in [0.3, 0.4) is 0 Å². The monoisotopic (exact) mass is 421 g/mol. The number of hydrogen-bond acceptors (Lipinski definition) is 4. The number of hydrazone groups is 1. The summed E-state index contributed by atoms with van der Waals surface area (Å²) < 4.78 is 27.4. The lowest BCUT2D eigenvalue weighted by molar-refractivity contribution is -0.121. The van der Waals surface area contributed by atoms with Crippen molar-refractivity contribution in [3.05, 3.63) is 102 Å². The minimum absolute atomic E-state index is 0.152. The molecule has 0 heterocycles. The predicted molar refractivity (Wildman–Crippen MR) is 118 cm³/mol. The summed E-state index contributed by atoms with van der Waals surface area (Å²) in [5, 5.41) is 3.92. The van der Waals surface area contributed by atoms with Crippen molar-refractivity contribution in [2.24, 2.45) is 5.10 Å². The predicted octanol–water partition coefficient (Wildman–Crippen LogP) is 3.07. The molecule has 154 valence electrons. The Morgan fingerprint density at radius 2 is 1.43 bits per heavy atom. The third-order valence-corrected chi connectivity index (χ3v) is 6.26. The summed E-state index contributed by atoms with van der Waals surface area (Å²) in [5.41, 5.74) is 4.23. The number of carbonyl (C=O) groups is 1. The van der Waals surface area contributed by atoms with Gasteiger partial charge >= 0.3 is 0 Å². The zero-order valence-corrected chi connectivity index (χ0v) is 17.2. The van der Waals surface area contributed by atoms with Crippen molar-refractivity contribution in [1.29, 1.82) is 0 Å². The van der Waals surface area contributed by atoms with E-state index in [4.69, 9.17) is 0 Å². The number of hydrogen-bond donors (Lipinski definition) is 1. The van der Waals surface area contributed by atoms with Gasteiger partial charge < -0.3 is 0 Å². The van der Waals surface area contributed by atoms with Gasteiger partial charge in [-0.2, -0.15) is 9.41 Å². The average molecular weight is 422 g/mol. The van der Waals surface area contributed by atoms with Crippen molar-refractivity contribution in [1.82, 2.24) is 9.73 Å². The van der Waals surface area contributed by atoms with E-state index in [1.807, 2.05) is 60.7 Å². The highest BCUT2D eigenvalue weighted by molar-refractivity contribution is 7.89. The maximum atomic E-state index is 13.1. The summed E-state index contributed by atoms with van der Waals surface area (Å²) in [4.78, 5) is 12.6. The second-order valence-electron chi connectivity index (χ2n) is 6.59. The largest absolute Gasteiger partial charge is 0.272 e. The van der Waals surface area contributed by atoms with E-state index in [2.05, 4.69) is 10.5 Å². The summed E-state index contributed by atoms with van der Waals surface area (Å²) >= 11 is 0. The molecule has 3 aromatic rings. The van der Waals surface area contributed by atoms with E-state index in [0.717, 1.165) is 11.1 Å². The standard InChI is InChI=1S/C23H23N3O3S/c27-23(25-24-18-21-12-6-2-7-13-21)19-26(17-16-20-10-4-1-5-11-20)30(28,29)22-14-8-3-9-15-22/h1-15,18H,16-17,19H2,(H,25,27)/b24-18-. The first-order chi connectivity index (χ1) is 14.6. The van der Waals surface area contributed by atoms with Gasteiger partial charge in [0, 0.05) is 6.54 Å². The molecule has 0 spiro atoms. The molecule has 7 heteroatoms. The summed E-state index contributed by atoms with van der Waals surface area (Å²) in [6.45, 7) is -0.146. The molecule has 30 heavy (non-hydrogen) atoms. The normalized spacial score (nSPS) is 11.6. The van der Waals surface area contributed by atoms with Crippen LogP contribution in [0.25, 0.3) is 0 Å². The Kier molecular flexibility index (Phi) is 7.48. The van der Waals surface area contributed by atoms with E-state index in [1.54, 1.807) is 18.2 Å². The third-order valence-electron chi connectivity index (χ3n) is 4.40. The number of amides is 1. The van der Waals surface area contributed by atoms with Crippen molar-refractivity contribution < 1.29 is 13.2 Å². The molecule has 3 aromatic carbocycles. The maximum Gasteiger partial charge on any atom is 0.255 e. The molecule has 0 aromatic heterocycles. The van der Waals surface area contributed by atoms with Crippen molar-refractivity contribution in [3.63, 3.8) is 0 Å². The maximum absolute atomic E-state index is 13.1. The quantitative estimate of drug-likeness (QED) is 0.426. The van der Waals surface area contributed by atoms with E-state index >= 15 is 0 Å². The van der Waals surface area contributed by atoms with Gasteiger partial charge in [0.1, 0.15) is 0 Å². The molecule has 1 N–H and O–H groups in total. The number of nitrogens with zero attached hydrogens (tertiary/aromatic N) is 2. The number of carbonyl (C=O) groups excluding carboxylic acids is 1. The molecule has 0 radical (unpaired) electrons. The molecule has 0 unspecified atom stereocenters. The van der Waals surface area contributed by atoms with Gasteiger partial charge in [-0.25, -0.2) is 13.8 Å². The molecule has 1 amide bonds. The highest BCUT2D eigenvalue weighted by Crippen LogP contribution is 2.16. The van der Waals surface area contributed by atoms with Crippen LogP contribution in [0.4, 0.5) is 0 Å². The van der Waals surface area contributed by atoms with Crippen LogP contribution in [0.5, 0.6) is 0 Å². The Labute approximate surface area is 176 Å². The second kappa shape index (κ2) is 10.5. The van der Waals surface area contributed by atoms with Gasteiger partial charge in [-0.1, -0.05) is 78.9 Å². The second-order valence-corrected chi connectivity index (χ2v) is 8.53. The molecule has 3 rings (SSSR count). The summed E-state index contributed by atoms with van der Waals surface area (Å²) in [6, 6.07) is 27.0. The van der Waals surface area contributed by atoms with Gasteiger partial charge in [-0.15, -0.1) is 0 Å². The Balaban J connectivity index is 1.71. The van der Waals surface area contributed by atoms with Crippen molar-refractivity contribution in [2.75, 3.05) is 13.1 Å². The Morgan fingerprint density at radius 3 is 2.07 bits per heavy atom. The summed E-state index contributed by atoms with van der Waals surface area (Å²) in [7, 11) is -3.82. The molecule has 0 saturated heterocycles. The minimum atomic E-state index is -3.82. The van der Waals surface area contributed by atoms with Crippen LogP contribution in [0.15, 0.2) is 101 Å². The number of benzene rings is 3. The SMILES string of the molecule is O=C(CN(CCc1ccccc1)S(=O)(=O)c1ccccc1)N/N=C\c1ccccc1. The van der Waals surface area contributed by atoms with E-state index < -0.39 is 15.9 Å². The lowest BCUT2D eigenvalue weighted by atomic mass is 10.1. The molecular weight excluding hydrogens is 398 g/mol. The van der Waals surface area contributed by atoms with Crippen molar-refractivity contribution in [2.45, 2.75) is 11.3 Å². The summed E-state index contributed by atoms with van der Waals surface area (Å²) in [5.74, 6) is -0.505. The van der Waals surface area contributed by atoms with Gasteiger partial charge in [0.15, 0.2) is 0 Å². The lowest BCUT2D eigenvalue weighted by Gasteiger charge is -2.21. The molecule has 0 saturated carbocycles. The Bertz CT molecular complexity index is 1070.